The third-order valence-electron chi connectivity index (χ3n) is 10.6. The van der Waals surface area contributed by atoms with Gasteiger partial charge in [-0.15, -0.1) is 11.3 Å². The predicted molar refractivity (Wildman–Crippen MR) is 233 cm³/mol. The molecule has 0 aliphatic rings. The molecule has 262 valence electrons. The molecule has 0 radical (unpaired) electrons. The first-order valence-corrected chi connectivity index (χ1v) is 19.5. The van der Waals surface area contributed by atoms with E-state index in [1.54, 1.807) is 0 Å². The van der Waals surface area contributed by atoms with Gasteiger partial charge in [-0.2, -0.15) is 0 Å². The highest BCUT2D eigenvalue weighted by Gasteiger charge is 2.20. The first kappa shape index (κ1) is 32.2. The molecule has 0 unspecified atom stereocenters. The van der Waals surface area contributed by atoms with Crippen LogP contribution in [0.25, 0.3) is 110 Å². The van der Waals surface area contributed by atoms with Gasteiger partial charge in [-0.25, -0.2) is 15.0 Å². The molecule has 0 saturated carbocycles. The van der Waals surface area contributed by atoms with Gasteiger partial charge >= 0.3 is 0 Å². The highest BCUT2D eigenvalue weighted by atomic mass is 32.1. The van der Waals surface area contributed by atoms with Gasteiger partial charge in [0.25, 0.3) is 0 Å². The molecule has 11 aromatic rings. The van der Waals surface area contributed by atoms with Gasteiger partial charge in [0.2, 0.25) is 0 Å². The van der Waals surface area contributed by atoms with Gasteiger partial charge in [-0.1, -0.05) is 152 Å². The molecular weight excluding hydrogens is 703 g/mol. The van der Waals surface area contributed by atoms with E-state index in [-0.39, 0.29) is 0 Å². The average molecular weight is 734 g/mol. The van der Waals surface area contributed by atoms with E-state index in [9.17, 15) is 0 Å². The minimum absolute atomic E-state index is 0.598. The molecule has 0 aliphatic heterocycles. The van der Waals surface area contributed by atoms with Crippen molar-refractivity contribution in [3.63, 3.8) is 0 Å². The van der Waals surface area contributed by atoms with Crippen LogP contribution in [0.3, 0.4) is 0 Å². The van der Waals surface area contributed by atoms with E-state index >= 15 is 0 Å². The van der Waals surface area contributed by atoms with E-state index in [0.29, 0.717) is 17.5 Å². The fraction of sp³-hybridized carbons (Fsp3) is 0. The maximum atomic E-state index is 6.68. The molecule has 8 aromatic carbocycles. The van der Waals surface area contributed by atoms with E-state index in [1.807, 2.05) is 59.9 Å². The highest BCUT2D eigenvalue weighted by molar-refractivity contribution is 7.26. The third-order valence-corrected chi connectivity index (χ3v) is 11.8. The van der Waals surface area contributed by atoms with Crippen molar-refractivity contribution in [1.29, 1.82) is 0 Å². The minimum atomic E-state index is 0.598. The van der Waals surface area contributed by atoms with E-state index in [1.165, 1.54) is 42.4 Å². The lowest BCUT2D eigenvalue weighted by Crippen LogP contribution is -2.00. The van der Waals surface area contributed by atoms with Gasteiger partial charge in [0.05, 0.1) is 0 Å². The second-order valence-electron chi connectivity index (χ2n) is 14.0. The summed E-state index contributed by atoms with van der Waals surface area (Å²) in [5.74, 6) is 1.84. The summed E-state index contributed by atoms with van der Waals surface area (Å²) in [7, 11) is 0. The molecule has 0 N–H and O–H groups in total. The molecule has 11 rings (SSSR count). The molecule has 0 atom stereocenters. The van der Waals surface area contributed by atoms with Crippen LogP contribution in [0.2, 0.25) is 0 Å². The molecule has 0 fully saturated rings. The number of thiophene rings is 1. The quantitative estimate of drug-likeness (QED) is 0.171. The molecule has 3 aromatic heterocycles. The fourth-order valence-corrected chi connectivity index (χ4v) is 9.02. The second kappa shape index (κ2) is 13.3. The maximum absolute atomic E-state index is 6.68. The van der Waals surface area contributed by atoms with Crippen LogP contribution < -0.4 is 0 Å². The summed E-state index contributed by atoms with van der Waals surface area (Å²) in [5, 5.41) is 4.54. The van der Waals surface area contributed by atoms with Crippen molar-refractivity contribution in [2.45, 2.75) is 0 Å². The SMILES string of the molecule is c1ccc(-c2ccc(-c3nc(-c4ccccc4)nc(-c4cccc5oc6cc(-c7cc(-c8ccccc8)cc8c7sc7ccccc78)ccc6c45)n3)cc2)cc1. The van der Waals surface area contributed by atoms with Crippen LogP contribution in [0.4, 0.5) is 0 Å². The Hall–Kier alpha value is -7.21. The molecule has 0 spiro atoms. The molecule has 0 bridgehead atoms. The molecule has 56 heavy (non-hydrogen) atoms. The molecule has 0 aliphatic carbocycles. The van der Waals surface area contributed by atoms with Crippen LogP contribution in [-0.2, 0) is 0 Å². The second-order valence-corrected chi connectivity index (χ2v) is 15.0. The maximum Gasteiger partial charge on any atom is 0.164 e. The molecule has 4 nitrogen and oxygen atoms in total. The van der Waals surface area contributed by atoms with Crippen molar-refractivity contribution >= 4 is 53.4 Å². The van der Waals surface area contributed by atoms with Crippen molar-refractivity contribution < 1.29 is 4.42 Å². The number of furan rings is 1. The van der Waals surface area contributed by atoms with Gasteiger partial charge in [0.15, 0.2) is 17.5 Å². The first-order valence-electron chi connectivity index (χ1n) is 18.7. The van der Waals surface area contributed by atoms with Gasteiger partial charge in [-0.3, -0.25) is 0 Å². The number of hydrogen-bond donors (Lipinski definition) is 0. The molecular formula is C51H31N3OS. The average Bonchev–Trinajstić information content (AvgIpc) is 3.85. The highest BCUT2D eigenvalue weighted by Crippen LogP contribution is 2.44. The Morgan fingerprint density at radius 2 is 0.911 bits per heavy atom. The largest absolute Gasteiger partial charge is 0.456 e. The van der Waals surface area contributed by atoms with Gasteiger partial charge in [0, 0.05) is 53.2 Å². The summed E-state index contributed by atoms with van der Waals surface area (Å²) in [6, 6.07) is 65.6. The lowest BCUT2D eigenvalue weighted by molar-refractivity contribution is 0.669. The van der Waals surface area contributed by atoms with Crippen molar-refractivity contribution in [2.24, 2.45) is 0 Å². The standard InChI is InChI=1S/C51H31N3OS/c1-4-13-32(14-5-1)34-23-25-36(26-24-34)50-52-49(35-17-8-3-9-18-35)53-51(54-50)41-20-12-21-44-47(41)40-28-27-37(31-45(40)55-44)42-29-38(33-15-6-2-7-16-33)30-43-39-19-10-11-22-46(39)56-48(42)43/h1-31H. The van der Waals surface area contributed by atoms with Gasteiger partial charge in [0.1, 0.15) is 11.2 Å². The Morgan fingerprint density at radius 1 is 0.339 bits per heavy atom. The Morgan fingerprint density at radius 3 is 1.64 bits per heavy atom. The van der Waals surface area contributed by atoms with E-state index in [4.69, 9.17) is 19.4 Å². The summed E-state index contributed by atoms with van der Waals surface area (Å²) < 4.78 is 9.23. The zero-order valence-corrected chi connectivity index (χ0v) is 30.9. The normalized spacial score (nSPS) is 11.6. The number of fused-ring (bicyclic) bond motifs is 6. The Labute approximate surface area is 327 Å². The van der Waals surface area contributed by atoms with Crippen molar-refractivity contribution in [2.75, 3.05) is 0 Å². The lowest BCUT2D eigenvalue weighted by Gasteiger charge is -2.10. The Bertz CT molecular complexity index is 3230. The zero-order chi connectivity index (χ0) is 37.0. The summed E-state index contributed by atoms with van der Waals surface area (Å²) >= 11 is 1.84. The fourth-order valence-electron chi connectivity index (χ4n) is 7.80. The Kier molecular flexibility index (Phi) is 7.64. The van der Waals surface area contributed by atoms with E-state index in [2.05, 4.69) is 140 Å². The third kappa shape index (κ3) is 5.56. The van der Waals surface area contributed by atoms with Gasteiger partial charge in [-0.05, 0) is 64.2 Å². The number of nitrogens with zero attached hydrogens (tertiary/aromatic N) is 3. The Balaban J connectivity index is 1.07. The zero-order valence-electron chi connectivity index (χ0n) is 30.1. The number of rotatable bonds is 6. The van der Waals surface area contributed by atoms with Crippen LogP contribution in [0.1, 0.15) is 0 Å². The molecule has 0 amide bonds. The summed E-state index contributed by atoms with van der Waals surface area (Å²) in [6.07, 6.45) is 0. The van der Waals surface area contributed by atoms with E-state index in [0.717, 1.165) is 49.8 Å². The first-order chi connectivity index (χ1) is 27.7. The van der Waals surface area contributed by atoms with Crippen LogP contribution >= 0.6 is 11.3 Å². The monoisotopic (exact) mass is 733 g/mol. The molecule has 5 heteroatoms. The summed E-state index contributed by atoms with van der Waals surface area (Å²) in [6.45, 7) is 0. The topological polar surface area (TPSA) is 51.8 Å². The smallest absolute Gasteiger partial charge is 0.164 e. The van der Waals surface area contributed by atoms with Crippen LogP contribution in [-0.4, -0.2) is 15.0 Å². The molecule has 0 saturated heterocycles. The summed E-state index contributed by atoms with van der Waals surface area (Å²) in [5.41, 5.74) is 11.3. The van der Waals surface area contributed by atoms with Crippen LogP contribution in [0.5, 0.6) is 0 Å². The van der Waals surface area contributed by atoms with Crippen molar-refractivity contribution in [3.05, 3.63) is 188 Å². The van der Waals surface area contributed by atoms with Crippen molar-refractivity contribution in [3.8, 4) is 67.5 Å². The van der Waals surface area contributed by atoms with Gasteiger partial charge < -0.3 is 4.42 Å². The van der Waals surface area contributed by atoms with Crippen molar-refractivity contribution in [1.82, 2.24) is 15.0 Å². The minimum Gasteiger partial charge on any atom is -0.456 e. The summed E-state index contributed by atoms with van der Waals surface area (Å²) in [4.78, 5) is 15.2. The lowest BCUT2D eigenvalue weighted by atomic mass is 9.95. The van der Waals surface area contributed by atoms with E-state index < -0.39 is 0 Å². The number of benzene rings is 8. The molecule has 3 heterocycles. The number of hydrogen-bond acceptors (Lipinski definition) is 5. The van der Waals surface area contributed by atoms with Crippen LogP contribution in [0.15, 0.2) is 192 Å². The predicted octanol–water partition coefficient (Wildman–Crippen LogP) is 14.1. The van der Waals surface area contributed by atoms with Crippen LogP contribution in [0, 0.1) is 0 Å². The number of aromatic nitrogens is 3.